The van der Waals surface area contributed by atoms with Gasteiger partial charge in [0.2, 0.25) is 6.33 Å². The molecule has 0 aliphatic carbocycles. The van der Waals surface area contributed by atoms with Crippen LogP contribution in [0.4, 0.5) is 0 Å². The van der Waals surface area contributed by atoms with Gasteiger partial charge in [0.1, 0.15) is 12.4 Å². The van der Waals surface area contributed by atoms with Crippen molar-refractivity contribution in [2.24, 2.45) is 5.11 Å². The van der Waals surface area contributed by atoms with E-state index in [0.717, 1.165) is 5.75 Å². The van der Waals surface area contributed by atoms with E-state index in [2.05, 4.69) is 65.3 Å². The monoisotopic (exact) mass is 332 g/mol. The van der Waals surface area contributed by atoms with Crippen molar-refractivity contribution in [2.45, 2.75) is 39.8 Å². The summed E-state index contributed by atoms with van der Waals surface area (Å²) < 4.78 is 15.7. The van der Waals surface area contributed by atoms with Crippen LogP contribution in [0.5, 0.6) is 5.75 Å². The van der Waals surface area contributed by atoms with Gasteiger partial charge >= 0.3 is 0 Å². The fourth-order valence-electron chi connectivity index (χ4n) is 2.57. The number of benzene rings is 1. The van der Waals surface area contributed by atoms with E-state index in [-0.39, 0.29) is 0 Å². The summed E-state index contributed by atoms with van der Waals surface area (Å²) in [5, 5.41) is 3.41. The summed E-state index contributed by atoms with van der Waals surface area (Å²) >= 11 is 0. The minimum Gasteiger partial charge on any atom is -0.491 e. The molecular weight excluding hydrogens is 306 g/mol. The van der Waals surface area contributed by atoms with Gasteiger partial charge in [-0.1, -0.05) is 5.11 Å². The second-order valence-corrected chi connectivity index (χ2v) is 6.18. The van der Waals surface area contributed by atoms with Crippen molar-refractivity contribution in [3.63, 3.8) is 0 Å². The fraction of sp³-hybridized carbons (Fsp3) is 0.588. The molecular formula is C17H26N5O2+. The first kappa shape index (κ1) is 18.1. The van der Waals surface area contributed by atoms with E-state index in [9.17, 15) is 0 Å². The number of imidazole rings is 1. The van der Waals surface area contributed by atoms with Crippen LogP contribution in [0.15, 0.2) is 29.6 Å². The van der Waals surface area contributed by atoms with Crippen LogP contribution in [0, 0.1) is 0 Å². The number of nitrogens with zero attached hydrogens (tertiary/aromatic N) is 5. The van der Waals surface area contributed by atoms with Crippen molar-refractivity contribution in [3.8, 4) is 5.75 Å². The molecule has 7 heteroatoms. The number of azide groups is 1. The maximum absolute atomic E-state index is 8.18. The van der Waals surface area contributed by atoms with Crippen molar-refractivity contribution in [3.05, 3.63) is 35.0 Å². The van der Waals surface area contributed by atoms with Crippen LogP contribution in [0.25, 0.3) is 21.5 Å². The van der Waals surface area contributed by atoms with Crippen molar-refractivity contribution in [1.82, 2.24) is 4.57 Å². The zero-order valence-electron chi connectivity index (χ0n) is 14.8. The van der Waals surface area contributed by atoms with E-state index >= 15 is 0 Å². The molecule has 0 N–H and O–H groups in total. The van der Waals surface area contributed by atoms with Crippen molar-refractivity contribution in [1.29, 1.82) is 0 Å². The highest BCUT2D eigenvalue weighted by molar-refractivity contribution is 5.74. The Balaban J connectivity index is 2.04. The van der Waals surface area contributed by atoms with Crippen LogP contribution in [-0.2, 0) is 4.74 Å². The van der Waals surface area contributed by atoms with Crippen LogP contribution >= 0.6 is 0 Å². The second kappa shape index (κ2) is 8.57. The van der Waals surface area contributed by atoms with E-state index in [1.165, 1.54) is 11.0 Å². The first-order valence-corrected chi connectivity index (χ1v) is 8.31. The summed E-state index contributed by atoms with van der Waals surface area (Å²) in [6, 6.07) is 6.96. The molecule has 1 heterocycles. The van der Waals surface area contributed by atoms with Gasteiger partial charge in [-0.3, -0.25) is 0 Å². The van der Waals surface area contributed by atoms with E-state index in [1.54, 1.807) is 0 Å². The van der Waals surface area contributed by atoms with Gasteiger partial charge in [-0.2, -0.15) is 0 Å². The van der Waals surface area contributed by atoms with Gasteiger partial charge < -0.3 is 9.47 Å². The normalized spacial score (nSPS) is 11.2. The summed E-state index contributed by atoms with van der Waals surface area (Å²) in [5.41, 5.74) is 10.5. The average Bonchev–Trinajstić information content (AvgIpc) is 2.93. The Labute approximate surface area is 142 Å². The molecule has 0 unspecified atom stereocenters. The largest absolute Gasteiger partial charge is 0.491 e. The smallest absolute Gasteiger partial charge is 0.245 e. The highest BCUT2D eigenvalue weighted by atomic mass is 16.5. The number of hydrogen-bond acceptors (Lipinski definition) is 3. The van der Waals surface area contributed by atoms with Crippen molar-refractivity contribution >= 4 is 11.0 Å². The molecule has 0 saturated heterocycles. The summed E-state index contributed by atoms with van der Waals surface area (Å²) in [5.74, 6) is 0.831. The Bertz CT molecular complexity index is 717. The third-order valence-corrected chi connectivity index (χ3v) is 3.76. The standard InChI is InChI=1S/C17H26N5O2/c1-13(2)21-12-22(14(3)4)17-11-15(5-6-16(17)21)24-10-9-23-8-7-19-20-18/h5-6,11-14H,7-10H2,1-4H3/q+1. The minimum atomic E-state index is 0.347. The van der Waals surface area contributed by atoms with E-state index < -0.39 is 0 Å². The Morgan fingerprint density at radius 2 is 2.00 bits per heavy atom. The fourth-order valence-corrected chi connectivity index (χ4v) is 2.57. The zero-order valence-corrected chi connectivity index (χ0v) is 14.8. The maximum Gasteiger partial charge on any atom is 0.245 e. The molecule has 0 atom stereocenters. The third-order valence-electron chi connectivity index (χ3n) is 3.76. The molecule has 0 spiro atoms. The molecule has 0 bridgehead atoms. The summed E-state index contributed by atoms with van der Waals surface area (Å²) in [6.45, 7) is 10.4. The molecule has 1 aromatic carbocycles. The first-order valence-electron chi connectivity index (χ1n) is 8.31. The Morgan fingerprint density at radius 3 is 2.67 bits per heavy atom. The van der Waals surface area contributed by atoms with Gasteiger partial charge in [0, 0.05) is 17.5 Å². The molecule has 0 aliphatic heterocycles. The Kier molecular flexibility index (Phi) is 6.46. The zero-order chi connectivity index (χ0) is 17.5. The van der Waals surface area contributed by atoms with Gasteiger partial charge in [-0.15, -0.1) is 0 Å². The molecule has 0 fully saturated rings. The quantitative estimate of drug-likeness (QED) is 0.230. The molecule has 0 saturated carbocycles. The van der Waals surface area contributed by atoms with Gasteiger partial charge in [-0.05, 0) is 45.4 Å². The summed E-state index contributed by atoms with van der Waals surface area (Å²) in [7, 11) is 0. The number of fused-ring (bicyclic) bond motifs is 1. The molecule has 24 heavy (non-hydrogen) atoms. The predicted molar refractivity (Wildman–Crippen MR) is 93.2 cm³/mol. The van der Waals surface area contributed by atoms with Crippen LogP contribution in [0.3, 0.4) is 0 Å². The molecule has 7 nitrogen and oxygen atoms in total. The van der Waals surface area contributed by atoms with Gasteiger partial charge in [0.15, 0.2) is 11.0 Å². The lowest BCUT2D eigenvalue weighted by Crippen LogP contribution is -2.34. The highest BCUT2D eigenvalue weighted by Gasteiger charge is 2.20. The topological polar surface area (TPSA) is 76.0 Å². The van der Waals surface area contributed by atoms with E-state index in [0.29, 0.717) is 38.4 Å². The van der Waals surface area contributed by atoms with Crippen LogP contribution in [0.2, 0.25) is 0 Å². The lowest BCUT2D eigenvalue weighted by molar-refractivity contribution is -0.692. The molecule has 1 aromatic heterocycles. The van der Waals surface area contributed by atoms with E-state index in [1.807, 2.05) is 6.07 Å². The van der Waals surface area contributed by atoms with Crippen LogP contribution in [-0.4, -0.2) is 30.9 Å². The number of aromatic nitrogens is 2. The SMILES string of the molecule is CC(C)n1c[n+](C(C)C)c2ccc(OCCOCCN=[N+]=[N-])cc21. The number of hydrogen-bond donors (Lipinski definition) is 0. The van der Waals surface area contributed by atoms with Crippen LogP contribution in [0.1, 0.15) is 39.8 Å². The van der Waals surface area contributed by atoms with Gasteiger partial charge in [0.25, 0.3) is 0 Å². The third kappa shape index (κ3) is 4.40. The highest BCUT2D eigenvalue weighted by Crippen LogP contribution is 2.23. The van der Waals surface area contributed by atoms with Gasteiger partial charge in [0.05, 0.1) is 25.3 Å². The van der Waals surface area contributed by atoms with Gasteiger partial charge in [-0.25, -0.2) is 9.13 Å². The lowest BCUT2D eigenvalue weighted by atomic mass is 10.2. The number of rotatable bonds is 9. The first-order chi connectivity index (χ1) is 11.5. The molecule has 0 aliphatic rings. The maximum atomic E-state index is 8.18. The van der Waals surface area contributed by atoms with Crippen molar-refractivity contribution in [2.75, 3.05) is 26.4 Å². The lowest BCUT2D eigenvalue weighted by Gasteiger charge is -2.07. The molecule has 2 aromatic rings. The van der Waals surface area contributed by atoms with E-state index in [4.69, 9.17) is 15.0 Å². The molecule has 0 amide bonds. The average molecular weight is 332 g/mol. The summed E-state index contributed by atoms with van der Waals surface area (Å²) in [4.78, 5) is 2.68. The molecule has 130 valence electrons. The molecule has 2 rings (SSSR count). The van der Waals surface area contributed by atoms with Crippen LogP contribution < -0.4 is 9.30 Å². The molecule has 0 radical (unpaired) electrons. The Hall–Kier alpha value is -2.24. The second-order valence-electron chi connectivity index (χ2n) is 6.18. The number of ether oxygens (including phenoxy) is 2. The minimum absolute atomic E-state index is 0.347. The predicted octanol–water partition coefficient (Wildman–Crippen LogP) is 3.80. The summed E-state index contributed by atoms with van der Waals surface area (Å²) in [6.07, 6.45) is 2.17. The van der Waals surface area contributed by atoms with Crippen molar-refractivity contribution < 1.29 is 14.0 Å². The Morgan fingerprint density at radius 1 is 1.21 bits per heavy atom.